The van der Waals surface area contributed by atoms with Crippen LogP contribution in [0.2, 0.25) is 5.02 Å². The van der Waals surface area contributed by atoms with Gasteiger partial charge in [-0.3, -0.25) is 9.69 Å². The van der Waals surface area contributed by atoms with Crippen LogP contribution < -0.4 is 0 Å². The molecule has 0 aliphatic carbocycles. The number of likely N-dealkylation sites (tertiary alicyclic amines) is 1. The minimum absolute atomic E-state index is 0.550. The lowest BCUT2D eigenvalue weighted by Crippen LogP contribution is -2.42. The zero-order valence-corrected chi connectivity index (χ0v) is 12.2. The number of carbonyl (C=O) groups is 1. The van der Waals surface area contributed by atoms with Crippen LogP contribution in [0.25, 0.3) is 0 Å². The smallest absolute Gasteiger partial charge is 0.309 e. The van der Waals surface area contributed by atoms with Crippen molar-refractivity contribution in [3.8, 4) is 0 Å². The van der Waals surface area contributed by atoms with Gasteiger partial charge in [-0.1, -0.05) is 17.7 Å². The fourth-order valence-corrected chi connectivity index (χ4v) is 2.72. The van der Waals surface area contributed by atoms with Gasteiger partial charge in [0, 0.05) is 11.6 Å². The van der Waals surface area contributed by atoms with Crippen LogP contribution in [0.3, 0.4) is 0 Å². The molecule has 1 aromatic carbocycles. The number of nitrogens with zero attached hydrogens (tertiary/aromatic N) is 1. The molecule has 0 radical (unpaired) electrons. The highest BCUT2D eigenvalue weighted by atomic mass is 35.5. The summed E-state index contributed by atoms with van der Waals surface area (Å²) in [4.78, 5) is 13.5. The molecule has 0 spiro atoms. The highest BCUT2D eigenvalue weighted by molar-refractivity contribution is 6.30. The lowest BCUT2D eigenvalue weighted by Gasteiger charge is -2.36. The van der Waals surface area contributed by atoms with Gasteiger partial charge in [0.25, 0.3) is 0 Å². The highest BCUT2D eigenvalue weighted by Gasteiger charge is 2.36. The first-order valence-corrected chi connectivity index (χ1v) is 6.99. The van der Waals surface area contributed by atoms with Crippen molar-refractivity contribution < 1.29 is 9.90 Å². The van der Waals surface area contributed by atoms with Crippen molar-refractivity contribution in [1.82, 2.24) is 4.90 Å². The van der Waals surface area contributed by atoms with Crippen LogP contribution in [0.1, 0.15) is 30.9 Å². The van der Waals surface area contributed by atoms with E-state index in [-0.39, 0.29) is 0 Å². The summed E-state index contributed by atoms with van der Waals surface area (Å²) in [5.74, 6) is -0.671. The maximum atomic E-state index is 11.2. The van der Waals surface area contributed by atoms with Crippen LogP contribution in [0.5, 0.6) is 0 Å². The van der Waals surface area contributed by atoms with Gasteiger partial charge in [0.2, 0.25) is 0 Å². The molecule has 3 nitrogen and oxygen atoms in total. The molecule has 2 rings (SSSR count). The van der Waals surface area contributed by atoms with E-state index in [0.717, 1.165) is 37.5 Å². The molecule has 1 heterocycles. The predicted molar refractivity (Wildman–Crippen MR) is 76.4 cm³/mol. The van der Waals surface area contributed by atoms with Crippen molar-refractivity contribution in [1.29, 1.82) is 0 Å². The summed E-state index contributed by atoms with van der Waals surface area (Å²) >= 11 is 5.95. The number of rotatable bonds is 3. The number of halogens is 1. The molecule has 104 valence electrons. The van der Waals surface area contributed by atoms with Crippen LogP contribution in [-0.2, 0) is 11.3 Å². The summed E-state index contributed by atoms with van der Waals surface area (Å²) in [5, 5.41) is 9.98. The van der Waals surface area contributed by atoms with Crippen molar-refractivity contribution in [3.05, 3.63) is 34.3 Å². The fourth-order valence-electron chi connectivity index (χ4n) is 2.50. The quantitative estimate of drug-likeness (QED) is 0.924. The van der Waals surface area contributed by atoms with Crippen molar-refractivity contribution in [2.75, 3.05) is 13.1 Å². The molecule has 1 aliphatic heterocycles. The second-order valence-corrected chi connectivity index (χ2v) is 6.15. The Bertz CT molecular complexity index is 479. The molecule has 4 heteroatoms. The van der Waals surface area contributed by atoms with E-state index < -0.39 is 11.4 Å². The molecule has 1 N–H and O–H groups in total. The molecular formula is C15H20ClNO2. The van der Waals surface area contributed by atoms with Crippen LogP contribution in [0, 0.1) is 12.3 Å². The van der Waals surface area contributed by atoms with Gasteiger partial charge in [0.15, 0.2) is 0 Å². The molecule has 0 bridgehead atoms. The molecule has 1 fully saturated rings. The second-order valence-electron chi connectivity index (χ2n) is 5.71. The Hall–Kier alpha value is -1.06. The van der Waals surface area contributed by atoms with Gasteiger partial charge in [-0.15, -0.1) is 0 Å². The summed E-state index contributed by atoms with van der Waals surface area (Å²) in [6, 6.07) is 5.94. The molecule has 0 atom stereocenters. The summed E-state index contributed by atoms with van der Waals surface area (Å²) in [6.07, 6.45) is 1.43. The molecule has 1 aromatic rings. The van der Waals surface area contributed by atoms with Crippen LogP contribution >= 0.6 is 11.6 Å². The van der Waals surface area contributed by atoms with Crippen LogP contribution in [0.4, 0.5) is 0 Å². The zero-order chi connectivity index (χ0) is 14.0. The number of aliphatic carboxylic acids is 1. The van der Waals surface area contributed by atoms with Crippen molar-refractivity contribution in [3.63, 3.8) is 0 Å². The van der Waals surface area contributed by atoms with Gasteiger partial charge >= 0.3 is 5.97 Å². The number of carboxylic acid groups (broad SMARTS) is 1. The zero-order valence-electron chi connectivity index (χ0n) is 11.4. The number of carboxylic acids is 1. The van der Waals surface area contributed by atoms with E-state index in [2.05, 4.69) is 17.9 Å². The third kappa shape index (κ3) is 3.28. The van der Waals surface area contributed by atoms with Gasteiger partial charge in [-0.25, -0.2) is 0 Å². The normalized spacial score (nSPS) is 19.3. The highest BCUT2D eigenvalue weighted by Crippen LogP contribution is 2.31. The number of benzene rings is 1. The lowest BCUT2D eigenvalue weighted by atomic mass is 9.80. The fraction of sp³-hybridized carbons (Fsp3) is 0.533. The van der Waals surface area contributed by atoms with Crippen LogP contribution in [0.15, 0.2) is 18.2 Å². The summed E-state index contributed by atoms with van der Waals surface area (Å²) in [6.45, 7) is 6.46. The molecular weight excluding hydrogens is 262 g/mol. The lowest BCUT2D eigenvalue weighted by molar-refractivity contribution is -0.150. The average molecular weight is 282 g/mol. The Labute approximate surface area is 119 Å². The van der Waals surface area contributed by atoms with Crippen LogP contribution in [-0.4, -0.2) is 29.1 Å². The van der Waals surface area contributed by atoms with E-state index in [0.29, 0.717) is 0 Å². The first-order valence-electron chi connectivity index (χ1n) is 6.61. The Morgan fingerprint density at radius 3 is 2.58 bits per heavy atom. The molecule has 0 saturated carbocycles. The third-order valence-electron chi connectivity index (χ3n) is 4.17. The number of hydrogen-bond donors (Lipinski definition) is 1. The van der Waals surface area contributed by atoms with E-state index in [9.17, 15) is 9.90 Å². The Morgan fingerprint density at radius 1 is 1.42 bits per heavy atom. The number of aryl methyl sites for hydroxylation is 1. The van der Waals surface area contributed by atoms with E-state index >= 15 is 0 Å². The minimum Gasteiger partial charge on any atom is -0.481 e. The van der Waals surface area contributed by atoms with Crippen molar-refractivity contribution >= 4 is 17.6 Å². The second kappa shape index (κ2) is 5.51. The van der Waals surface area contributed by atoms with E-state index in [1.54, 1.807) is 0 Å². The maximum Gasteiger partial charge on any atom is 0.309 e. The molecule has 19 heavy (non-hydrogen) atoms. The molecule has 1 saturated heterocycles. The summed E-state index contributed by atoms with van der Waals surface area (Å²) in [7, 11) is 0. The van der Waals surface area contributed by atoms with Gasteiger partial charge in [0.1, 0.15) is 0 Å². The molecule has 1 aliphatic rings. The van der Waals surface area contributed by atoms with E-state index in [1.807, 2.05) is 19.1 Å². The molecule has 0 unspecified atom stereocenters. The summed E-state index contributed by atoms with van der Waals surface area (Å²) in [5.41, 5.74) is 1.91. The summed E-state index contributed by atoms with van der Waals surface area (Å²) < 4.78 is 0. The van der Waals surface area contributed by atoms with E-state index in [1.165, 1.54) is 11.1 Å². The Morgan fingerprint density at radius 2 is 2.05 bits per heavy atom. The number of hydrogen-bond acceptors (Lipinski definition) is 2. The van der Waals surface area contributed by atoms with Crippen molar-refractivity contribution in [2.24, 2.45) is 5.41 Å². The Kier molecular flexibility index (Phi) is 4.16. The van der Waals surface area contributed by atoms with Gasteiger partial charge in [-0.05, 0) is 63.0 Å². The molecule has 0 aromatic heterocycles. The maximum absolute atomic E-state index is 11.2. The first kappa shape index (κ1) is 14.4. The monoisotopic (exact) mass is 281 g/mol. The third-order valence-corrected chi connectivity index (χ3v) is 4.41. The van der Waals surface area contributed by atoms with E-state index in [4.69, 9.17) is 11.6 Å². The van der Waals surface area contributed by atoms with Crippen molar-refractivity contribution in [2.45, 2.75) is 33.2 Å². The average Bonchev–Trinajstić information content (AvgIpc) is 2.35. The largest absolute Gasteiger partial charge is 0.481 e. The minimum atomic E-state index is -0.671. The number of piperidine rings is 1. The Balaban J connectivity index is 1.98. The topological polar surface area (TPSA) is 40.5 Å². The van der Waals surface area contributed by atoms with Gasteiger partial charge in [-0.2, -0.15) is 0 Å². The first-order chi connectivity index (χ1) is 8.90. The standard InChI is InChI=1S/C15H20ClNO2/c1-11-9-13(16)4-3-12(11)10-17-7-5-15(2,6-8-17)14(18)19/h3-4,9H,5-8,10H2,1-2H3,(H,18,19). The SMILES string of the molecule is Cc1cc(Cl)ccc1CN1CCC(C)(C(=O)O)CC1. The van der Waals surface area contributed by atoms with Gasteiger partial charge < -0.3 is 5.11 Å². The molecule has 0 amide bonds. The predicted octanol–water partition coefficient (Wildman–Crippen LogP) is 3.34. The van der Waals surface area contributed by atoms with Gasteiger partial charge in [0.05, 0.1) is 5.41 Å².